The second-order valence-corrected chi connectivity index (χ2v) is 5.33. The van der Waals surface area contributed by atoms with E-state index < -0.39 is 4.92 Å². The van der Waals surface area contributed by atoms with Crippen LogP contribution >= 0.6 is 11.6 Å². The number of carbonyl (C=O) groups excluding carboxylic acids is 1. The van der Waals surface area contributed by atoms with Crippen molar-refractivity contribution < 1.29 is 9.72 Å². The summed E-state index contributed by atoms with van der Waals surface area (Å²) in [6.07, 6.45) is 0.850. The van der Waals surface area contributed by atoms with Gasteiger partial charge >= 0.3 is 0 Å². The average molecular weight is 312 g/mol. The zero-order valence-corrected chi connectivity index (χ0v) is 12.5. The van der Waals surface area contributed by atoms with Crippen molar-refractivity contribution in [1.29, 1.82) is 0 Å². The van der Waals surface area contributed by atoms with Gasteiger partial charge in [0.25, 0.3) is 11.6 Å². The zero-order chi connectivity index (χ0) is 15.2. The molecule has 1 heterocycles. The Balaban J connectivity index is 2.12. The molecule has 1 amide bonds. The highest BCUT2D eigenvalue weighted by atomic mass is 35.5. The molecular formula is C14H18ClN3O3. The Labute approximate surface area is 128 Å². The van der Waals surface area contributed by atoms with E-state index in [-0.39, 0.29) is 17.2 Å². The second-order valence-electron chi connectivity index (χ2n) is 4.95. The van der Waals surface area contributed by atoms with Gasteiger partial charge in [-0.2, -0.15) is 0 Å². The van der Waals surface area contributed by atoms with E-state index in [1.807, 2.05) is 0 Å². The smallest absolute Gasteiger partial charge is 0.282 e. The minimum absolute atomic E-state index is 0.135. The van der Waals surface area contributed by atoms with Gasteiger partial charge in [0.05, 0.1) is 4.92 Å². The maximum absolute atomic E-state index is 12.5. The second kappa shape index (κ2) is 7.38. The fourth-order valence-corrected chi connectivity index (χ4v) is 2.74. The molecule has 6 nitrogen and oxygen atoms in total. The summed E-state index contributed by atoms with van der Waals surface area (Å²) in [5, 5.41) is 11.0. The van der Waals surface area contributed by atoms with Crippen LogP contribution in [0.2, 0.25) is 0 Å². The van der Waals surface area contributed by atoms with Crippen LogP contribution in [0.3, 0.4) is 0 Å². The fourth-order valence-electron chi connectivity index (χ4n) is 2.50. The lowest BCUT2D eigenvalue weighted by Gasteiger charge is -2.21. The topological polar surface area (TPSA) is 66.7 Å². The SMILES string of the molecule is O=C(c1ccccc1[N+](=O)[O-])N1CCCN(CCCl)CC1. The van der Waals surface area contributed by atoms with Crippen LogP contribution in [0.4, 0.5) is 5.69 Å². The van der Waals surface area contributed by atoms with Gasteiger partial charge in [0, 0.05) is 38.1 Å². The van der Waals surface area contributed by atoms with Crippen LogP contribution in [0.15, 0.2) is 24.3 Å². The lowest BCUT2D eigenvalue weighted by Crippen LogP contribution is -2.35. The van der Waals surface area contributed by atoms with Crippen molar-refractivity contribution in [3.63, 3.8) is 0 Å². The van der Waals surface area contributed by atoms with Crippen LogP contribution in [0, 0.1) is 10.1 Å². The molecule has 1 aromatic rings. The molecular weight excluding hydrogens is 294 g/mol. The molecule has 0 radical (unpaired) electrons. The normalized spacial score (nSPS) is 16.5. The average Bonchev–Trinajstić information content (AvgIpc) is 2.72. The summed E-state index contributed by atoms with van der Waals surface area (Å²) < 4.78 is 0. The Morgan fingerprint density at radius 3 is 2.71 bits per heavy atom. The molecule has 0 unspecified atom stereocenters. The Hall–Kier alpha value is -1.66. The summed E-state index contributed by atoms with van der Waals surface area (Å²) in [4.78, 5) is 26.9. The van der Waals surface area contributed by atoms with E-state index in [2.05, 4.69) is 4.90 Å². The number of hydrogen-bond acceptors (Lipinski definition) is 4. The quantitative estimate of drug-likeness (QED) is 0.484. The highest BCUT2D eigenvalue weighted by Gasteiger charge is 2.25. The van der Waals surface area contributed by atoms with Crippen LogP contribution in [0.1, 0.15) is 16.8 Å². The first-order valence-corrected chi connectivity index (χ1v) is 7.48. The number of para-hydroxylation sites is 1. The Morgan fingerprint density at radius 2 is 2.00 bits per heavy atom. The summed E-state index contributed by atoms with van der Waals surface area (Å²) in [6.45, 7) is 3.63. The minimum atomic E-state index is -0.509. The Morgan fingerprint density at radius 1 is 1.24 bits per heavy atom. The fraction of sp³-hybridized carbons (Fsp3) is 0.500. The van der Waals surface area contributed by atoms with Crippen molar-refractivity contribution in [3.05, 3.63) is 39.9 Å². The van der Waals surface area contributed by atoms with Gasteiger partial charge in [-0.25, -0.2) is 0 Å². The van der Waals surface area contributed by atoms with E-state index >= 15 is 0 Å². The van der Waals surface area contributed by atoms with Gasteiger partial charge in [0.2, 0.25) is 0 Å². The number of nitrogens with zero attached hydrogens (tertiary/aromatic N) is 3. The molecule has 0 atom stereocenters. The maximum Gasteiger partial charge on any atom is 0.282 e. The molecule has 114 valence electrons. The van der Waals surface area contributed by atoms with Gasteiger partial charge in [0.1, 0.15) is 5.56 Å². The Kier molecular flexibility index (Phi) is 5.52. The van der Waals surface area contributed by atoms with E-state index in [0.29, 0.717) is 19.0 Å². The van der Waals surface area contributed by atoms with Gasteiger partial charge in [-0.3, -0.25) is 14.9 Å². The lowest BCUT2D eigenvalue weighted by molar-refractivity contribution is -0.385. The first-order valence-electron chi connectivity index (χ1n) is 6.94. The predicted octanol–water partition coefficient (Wildman–Crippen LogP) is 1.98. The summed E-state index contributed by atoms with van der Waals surface area (Å²) in [7, 11) is 0. The van der Waals surface area contributed by atoms with E-state index in [1.165, 1.54) is 12.1 Å². The van der Waals surface area contributed by atoms with E-state index in [0.717, 1.165) is 26.1 Å². The number of alkyl halides is 1. The summed E-state index contributed by atoms with van der Waals surface area (Å²) >= 11 is 5.74. The highest BCUT2D eigenvalue weighted by molar-refractivity contribution is 6.18. The van der Waals surface area contributed by atoms with Crippen molar-refractivity contribution in [2.75, 3.05) is 38.6 Å². The molecule has 0 aliphatic carbocycles. The molecule has 1 saturated heterocycles. The summed E-state index contributed by atoms with van der Waals surface area (Å²) in [5.41, 5.74) is 0.0256. The number of nitro groups is 1. The number of amides is 1. The van der Waals surface area contributed by atoms with Crippen molar-refractivity contribution in [1.82, 2.24) is 9.80 Å². The van der Waals surface area contributed by atoms with Crippen LogP contribution < -0.4 is 0 Å². The highest BCUT2D eigenvalue weighted by Crippen LogP contribution is 2.20. The molecule has 0 bridgehead atoms. The third kappa shape index (κ3) is 3.92. The molecule has 1 fully saturated rings. The summed E-state index contributed by atoms with van der Waals surface area (Å²) in [5.74, 6) is 0.299. The van der Waals surface area contributed by atoms with Crippen LogP contribution in [0.5, 0.6) is 0 Å². The predicted molar refractivity (Wildman–Crippen MR) is 80.8 cm³/mol. The summed E-state index contributed by atoms with van der Waals surface area (Å²) in [6, 6.07) is 6.10. The lowest BCUT2D eigenvalue weighted by atomic mass is 10.1. The first kappa shape index (κ1) is 15.7. The van der Waals surface area contributed by atoms with Crippen LogP contribution in [-0.2, 0) is 0 Å². The van der Waals surface area contributed by atoms with Crippen LogP contribution in [-0.4, -0.2) is 59.2 Å². The van der Waals surface area contributed by atoms with Gasteiger partial charge in [-0.1, -0.05) is 12.1 Å². The zero-order valence-electron chi connectivity index (χ0n) is 11.7. The van der Waals surface area contributed by atoms with Gasteiger partial charge < -0.3 is 9.80 Å². The van der Waals surface area contributed by atoms with Crippen molar-refractivity contribution >= 4 is 23.2 Å². The van der Waals surface area contributed by atoms with E-state index in [1.54, 1.807) is 17.0 Å². The molecule has 7 heteroatoms. The Bertz CT molecular complexity index is 524. The number of carbonyl (C=O) groups is 1. The number of benzene rings is 1. The number of nitro benzene ring substituents is 1. The molecule has 21 heavy (non-hydrogen) atoms. The molecule has 1 aromatic carbocycles. The van der Waals surface area contributed by atoms with Crippen molar-refractivity contribution in [2.45, 2.75) is 6.42 Å². The maximum atomic E-state index is 12.5. The first-order chi connectivity index (χ1) is 10.1. The van der Waals surface area contributed by atoms with E-state index in [4.69, 9.17) is 11.6 Å². The number of hydrogen-bond donors (Lipinski definition) is 0. The van der Waals surface area contributed by atoms with E-state index in [9.17, 15) is 14.9 Å². The van der Waals surface area contributed by atoms with Gasteiger partial charge in [0.15, 0.2) is 0 Å². The number of halogens is 1. The molecule has 0 spiro atoms. The standard InChI is InChI=1S/C14H18ClN3O3/c15-6-9-16-7-3-8-17(11-10-16)14(19)12-4-1-2-5-13(12)18(20)21/h1-2,4-5H,3,6-11H2. The van der Waals surface area contributed by atoms with Crippen molar-refractivity contribution in [2.24, 2.45) is 0 Å². The monoisotopic (exact) mass is 311 g/mol. The largest absolute Gasteiger partial charge is 0.337 e. The third-order valence-electron chi connectivity index (χ3n) is 3.61. The van der Waals surface area contributed by atoms with Crippen LogP contribution in [0.25, 0.3) is 0 Å². The van der Waals surface area contributed by atoms with Gasteiger partial charge in [-0.05, 0) is 19.0 Å². The molecule has 1 aliphatic rings. The van der Waals surface area contributed by atoms with Crippen molar-refractivity contribution in [3.8, 4) is 0 Å². The third-order valence-corrected chi connectivity index (χ3v) is 3.78. The molecule has 2 rings (SSSR count). The molecule has 0 saturated carbocycles. The molecule has 1 aliphatic heterocycles. The number of rotatable bonds is 4. The molecule has 0 aromatic heterocycles. The van der Waals surface area contributed by atoms with Gasteiger partial charge in [-0.15, -0.1) is 11.6 Å². The minimum Gasteiger partial charge on any atom is -0.337 e. The molecule has 0 N–H and O–H groups in total.